The first-order valence-electron chi connectivity index (χ1n) is 5.31. The molecule has 0 heterocycles. The average molecular weight is 230 g/mol. The Morgan fingerprint density at radius 3 is 2.38 bits per heavy atom. The Morgan fingerprint density at radius 1 is 1.44 bits per heavy atom. The van der Waals surface area contributed by atoms with Crippen LogP contribution in [0.2, 0.25) is 0 Å². The van der Waals surface area contributed by atoms with Crippen molar-refractivity contribution < 1.29 is 10.0 Å². The SMILES string of the molecule is CC(C)CN(CCC(N)=NO)C(=O)N(C)C. The van der Waals surface area contributed by atoms with Crippen molar-refractivity contribution >= 4 is 11.9 Å². The summed E-state index contributed by atoms with van der Waals surface area (Å²) in [6, 6.07) is -0.0561. The first-order valence-corrected chi connectivity index (χ1v) is 5.31. The molecule has 16 heavy (non-hydrogen) atoms. The second-order valence-electron chi connectivity index (χ2n) is 4.36. The number of urea groups is 1. The highest BCUT2D eigenvalue weighted by Gasteiger charge is 2.16. The highest BCUT2D eigenvalue weighted by molar-refractivity contribution is 5.80. The van der Waals surface area contributed by atoms with Crippen LogP contribution in [0.3, 0.4) is 0 Å². The van der Waals surface area contributed by atoms with Gasteiger partial charge in [0.15, 0.2) is 0 Å². The maximum Gasteiger partial charge on any atom is 0.319 e. The topological polar surface area (TPSA) is 82.2 Å². The number of rotatable bonds is 5. The van der Waals surface area contributed by atoms with Crippen LogP contribution in [0.1, 0.15) is 20.3 Å². The monoisotopic (exact) mass is 230 g/mol. The third kappa shape index (κ3) is 5.43. The van der Waals surface area contributed by atoms with Gasteiger partial charge < -0.3 is 20.7 Å². The van der Waals surface area contributed by atoms with Crippen LogP contribution in [0.25, 0.3) is 0 Å². The molecule has 2 amide bonds. The average Bonchev–Trinajstić information content (AvgIpc) is 2.21. The van der Waals surface area contributed by atoms with Crippen molar-refractivity contribution in [2.45, 2.75) is 20.3 Å². The van der Waals surface area contributed by atoms with Gasteiger partial charge in [-0.1, -0.05) is 19.0 Å². The molecule has 0 unspecified atom stereocenters. The Bertz CT molecular complexity index is 251. The van der Waals surface area contributed by atoms with Gasteiger partial charge in [-0.2, -0.15) is 0 Å². The van der Waals surface area contributed by atoms with Crippen molar-refractivity contribution in [2.24, 2.45) is 16.8 Å². The molecular formula is C10H22N4O2. The van der Waals surface area contributed by atoms with Crippen molar-refractivity contribution in [3.63, 3.8) is 0 Å². The Morgan fingerprint density at radius 2 is 2.00 bits per heavy atom. The predicted molar refractivity (Wildman–Crippen MR) is 63.5 cm³/mol. The van der Waals surface area contributed by atoms with Gasteiger partial charge in [0.1, 0.15) is 5.84 Å². The van der Waals surface area contributed by atoms with Crippen molar-refractivity contribution in [3.8, 4) is 0 Å². The Kier molecular flexibility index (Phi) is 6.29. The van der Waals surface area contributed by atoms with Gasteiger partial charge in [0.05, 0.1) is 0 Å². The number of carbonyl (C=O) groups excluding carboxylic acids is 1. The van der Waals surface area contributed by atoms with Gasteiger partial charge in [0.2, 0.25) is 0 Å². The molecule has 0 aliphatic rings. The molecular weight excluding hydrogens is 208 g/mol. The number of nitrogens with zero attached hydrogens (tertiary/aromatic N) is 3. The third-order valence-electron chi connectivity index (χ3n) is 2.00. The molecule has 0 aromatic heterocycles. The van der Waals surface area contributed by atoms with Crippen LogP contribution in [-0.4, -0.2) is 54.1 Å². The molecule has 0 aliphatic carbocycles. The van der Waals surface area contributed by atoms with E-state index in [0.717, 1.165) is 0 Å². The van der Waals surface area contributed by atoms with E-state index in [1.165, 1.54) is 4.90 Å². The molecule has 0 saturated heterocycles. The van der Waals surface area contributed by atoms with Crippen molar-refractivity contribution in [1.82, 2.24) is 9.80 Å². The highest BCUT2D eigenvalue weighted by atomic mass is 16.4. The lowest BCUT2D eigenvalue weighted by molar-refractivity contribution is 0.166. The van der Waals surface area contributed by atoms with Crippen LogP contribution in [0, 0.1) is 5.92 Å². The molecule has 0 spiro atoms. The molecule has 0 aromatic carbocycles. The first kappa shape index (κ1) is 14.5. The van der Waals surface area contributed by atoms with E-state index in [0.29, 0.717) is 25.4 Å². The number of hydrogen-bond donors (Lipinski definition) is 2. The fourth-order valence-corrected chi connectivity index (χ4v) is 1.29. The van der Waals surface area contributed by atoms with Crippen molar-refractivity contribution in [3.05, 3.63) is 0 Å². The molecule has 0 radical (unpaired) electrons. The van der Waals surface area contributed by atoms with Crippen LogP contribution in [0.5, 0.6) is 0 Å². The lowest BCUT2D eigenvalue weighted by atomic mass is 10.2. The van der Waals surface area contributed by atoms with E-state index in [9.17, 15) is 4.79 Å². The van der Waals surface area contributed by atoms with Crippen LogP contribution in [-0.2, 0) is 0 Å². The van der Waals surface area contributed by atoms with E-state index in [-0.39, 0.29) is 11.9 Å². The molecule has 0 fully saturated rings. The Balaban J connectivity index is 4.37. The Hall–Kier alpha value is -1.46. The zero-order valence-corrected chi connectivity index (χ0v) is 10.5. The summed E-state index contributed by atoms with van der Waals surface area (Å²) in [5.74, 6) is 0.525. The normalized spacial score (nSPS) is 11.7. The maximum absolute atomic E-state index is 11.8. The van der Waals surface area contributed by atoms with Crippen LogP contribution in [0.4, 0.5) is 4.79 Å². The minimum atomic E-state index is -0.0561. The largest absolute Gasteiger partial charge is 0.409 e. The van der Waals surface area contributed by atoms with E-state index in [1.807, 2.05) is 13.8 Å². The zero-order chi connectivity index (χ0) is 12.7. The molecule has 6 nitrogen and oxygen atoms in total. The lowest BCUT2D eigenvalue weighted by Crippen LogP contribution is -2.42. The quantitative estimate of drug-likeness (QED) is 0.316. The predicted octanol–water partition coefficient (Wildman–Crippen LogP) is 0.763. The van der Waals surface area contributed by atoms with Gasteiger partial charge in [-0.15, -0.1) is 0 Å². The van der Waals surface area contributed by atoms with Crippen LogP contribution >= 0.6 is 0 Å². The van der Waals surface area contributed by atoms with Crippen LogP contribution in [0.15, 0.2) is 5.16 Å². The summed E-state index contributed by atoms with van der Waals surface area (Å²) in [7, 11) is 3.41. The maximum atomic E-state index is 11.8. The molecule has 0 rings (SSSR count). The standard InChI is InChI=1S/C10H22N4O2/c1-8(2)7-14(10(15)13(3)4)6-5-9(11)12-16/h8,16H,5-7H2,1-4H3,(H2,11,12). The van der Waals surface area contributed by atoms with Crippen molar-refractivity contribution in [1.29, 1.82) is 0 Å². The summed E-state index contributed by atoms with van der Waals surface area (Å²) in [6.45, 7) is 5.21. The molecule has 0 saturated carbocycles. The van der Waals surface area contributed by atoms with E-state index in [1.54, 1.807) is 19.0 Å². The third-order valence-corrected chi connectivity index (χ3v) is 2.00. The zero-order valence-electron chi connectivity index (χ0n) is 10.5. The van der Waals surface area contributed by atoms with Gasteiger partial charge >= 0.3 is 6.03 Å². The molecule has 3 N–H and O–H groups in total. The van der Waals surface area contributed by atoms with Gasteiger partial charge in [0.25, 0.3) is 0 Å². The summed E-state index contributed by atoms with van der Waals surface area (Å²) in [4.78, 5) is 15.0. The number of hydrogen-bond acceptors (Lipinski definition) is 3. The van der Waals surface area contributed by atoms with Gasteiger partial charge in [0, 0.05) is 33.6 Å². The highest BCUT2D eigenvalue weighted by Crippen LogP contribution is 2.03. The van der Waals surface area contributed by atoms with E-state index < -0.39 is 0 Å². The van der Waals surface area contributed by atoms with Gasteiger partial charge in [-0.05, 0) is 5.92 Å². The summed E-state index contributed by atoms with van der Waals surface area (Å²) in [5, 5.41) is 11.3. The van der Waals surface area contributed by atoms with E-state index in [4.69, 9.17) is 10.9 Å². The van der Waals surface area contributed by atoms with Gasteiger partial charge in [-0.25, -0.2) is 4.79 Å². The smallest absolute Gasteiger partial charge is 0.319 e. The second-order valence-corrected chi connectivity index (χ2v) is 4.36. The summed E-state index contributed by atoms with van der Waals surface area (Å²) >= 11 is 0. The molecule has 0 bridgehead atoms. The van der Waals surface area contributed by atoms with E-state index >= 15 is 0 Å². The number of amidine groups is 1. The molecule has 94 valence electrons. The fourth-order valence-electron chi connectivity index (χ4n) is 1.29. The first-order chi connectivity index (χ1) is 7.38. The van der Waals surface area contributed by atoms with Crippen LogP contribution < -0.4 is 5.73 Å². The molecule has 0 atom stereocenters. The summed E-state index contributed by atoms with van der Waals surface area (Å²) < 4.78 is 0. The number of oxime groups is 1. The summed E-state index contributed by atoms with van der Waals surface area (Å²) in [5.41, 5.74) is 5.38. The lowest BCUT2D eigenvalue weighted by Gasteiger charge is -2.27. The number of amides is 2. The minimum absolute atomic E-state index is 0.0561. The Labute approximate surface area is 96.7 Å². The molecule has 0 aromatic rings. The number of carbonyl (C=O) groups is 1. The van der Waals surface area contributed by atoms with E-state index in [2.05, 4.69) is 5.16 Å². The number of nitrogens with two attached hydrogens (primary N) is 1. The summed E-state index contributed by atoms with van der Waals surface area (Å²) in [6.07, 6.45) is 0.378. The minimum Gasteiger partial charge on any atom is -0.409 e. The fraction of sp³-hybridized carbons (Fsp3) is 0.800. The van der Waals surface area contributed by atoms with Crippen molar-refractivity contribution in [2.75, 3.05) is 27.2 Å². The second kappa shape index (κ2) is 6.92. The molecule has 0 aliphatic heterocycles. The molecule has 6 heteroatoms. The van der Waals surface area contributed by atoms with Gasteiger partial charge in [-0.3, -0.25) is 0 Å².